The molecule has 250 valence electrons. The average Bonchev–Trinajstić information content (AvgIpc) is 2.99. The monoisotopic (exact) mass is 596 g/mol. The molecule has 0 bridgehead atoms. The van der Waals surface area contributed by atoms with Crippen molar-refractivity contribution in [3.8, 4) is 0 Å². The Morgan fingerprint density at radius 2 is 1.02 bits per heavy atom. The molecule has 0 aliphatic rings. The Hall–Kier alpha value is -1.10. The van der Waals surface area contributed by atoms with E-state index in [9.17, 15) is 9.59 Å². The highest BCUT2D eigenvalue weighted by Crippen LogP contribution is 2.20. The lowest BCUT2D eigenvalue weighted by Gasteiger charge is -2.19. The number of nitrogens with zero attached hydrogens (tertiary/aromatic N) is 1. The average molecular weight is 596 g/mol. The minimum absolute atomic E-state index is 0.00907. The molecule has 0 heterocycles. The Labute approximate surface area is 262 Å². The number of esters is 2. The van der Waals surface area contributed by atoms with Crippen molar-refractivity contribution >= 4 is 11.9 Å². The molecule has 0 aromatic carbocycles. The van der Waals surface area contributed by atoms with E-state index in [1.807, 2.05) is 7.05 Å². The molecular formula is C37H73NO4. The van der Waals surface area contributed by atoms with E-state index in [1.165, 1.54) is 103 Å². The second-order valence-electron chi connectivity index (χ2n) is 12.9. The quantitative estimate of drug-likeness (QED) is 0.0572. The molecular weight excluding hydrogens is 522 g/mol. The van der Waals surface area contributed by atoms with E-state index in [2.05, 4.69) is 32.6 Å². The Morgan fingerprint density at radius 1 is 0.548 bits per heavy atom. The second-order valence-corrected chi connectivity index (χ2v) is 12.9. The highest BCUT2D eigenvalue weighted by Gasteiger charge is 2.15. The van der Waals surface area contributed by atoms with Gasteiger partial charge in [-0.05, 0) is 64.5 Å². The fourth-order valence-corrected chi connectivity index (χ4v) is 5.57. The van der Waals surface area contributed by atoms with E-state index in [0.717, 1.165) is 58.0 Å². The molecule has 0 aromatic rings. The van der Waals surface area contributed by atoms with E-state index in [0.29, 0.717) is 25.4 Å². The maximum absolute atomic E-state index is 12.5. The predicted molar refractivity (Wildman–Crippen MR) is 180 cm³/mol. The summed E-state index contributed by atoms with van der Waals surface area (Å²) in [7, 11) is 2.05. The third-order valence-electron chi connectivity index (χ3n) is 8.73. The van der Waals surface area contributed by atoms with Crippen LogP contribution in [0.4, 0.5) is 0 Å². The van der Waals surface area contributed by atoms with Crippen molar-refractivity contribution in [1.29, 1.82) is 0 Å². The molecule has 5 nitrogen and oxygen atoms in total. The summed E-state index contributed by atoms with van der Waals surface area (Å²) in [5.74, 6) is 0.492. The first-order valence-corrected chi connectivity index (χ1v) is 18.5. The van der Waals surface area contributed by atoms with Gasteiger partial charge in [0.15, 0.2) is 0 Å². The summed E-state index contributed by atoms with van der Waals surface area (Å²) in [4.78, 5) is 26.9. The van der Waals surface area contributed by atoms with Crippen molar-refractivity contribution in [2.24, 2.45) is 5.92 Å². The second kappa shape index (κ2) is 31.3. The lowest BCUT2D eigenvalue weighted by Crippen LogP contribution is -2.24. The van der Waals surface area contributed by atoms with Crippen LogP contribution in [0.3, 0.4) is 0 Å². The number of hydrogen-bond acceptors (Lipinski definition) is 5. The Morgan fingerprint density at radius 3 is 1.60 bits per heavy atom. The fraction of sp³-hybridized carbons (Fsp3) is 0.946. The molecule has 0 N–H and O–H groups in total. The van der Waals surface area contributed by atoms with E-state index >= 15 is 0 Å². The highest BCUT2D eigenvalue weighted by molar-refractivity contribution is 5.69. The topological polar surface area (TPSA) is 55.8 Å². The van der Waals surface area contributed by atoms with Crippen LogP contribution >= 0.6 is 0 Å². The van der Waals surface area contributed by atoms with Crippen LogP contribution < -0.4 is 0 Å². The molecule has 2 atom stereocenters. The molecule has 0 radical (unpaired) electrons. The van der Waals surface area contributed by atoms with Gasteiger partial charge in [0.05, 0.1) is 13.0 Å². The Kier molecular flexibility index (Phi) is 30.5. The zero-order valence-corrected chi connectivity index (χ0v) is 29.0. The van der Waals surface area contributed by atoms with E-state index in [1.54, 1.807) is 0 Å². The molecule has 5 heteroatoms. The smallest absolute Gasteiger partial charge is 0.307 e. The zero-order valence-electron chi connectivity index (χ0n) is 29.0. The maximum atomic E-state index is 12.5. The van der Waals surface area contributed by atoms with Crippen molar-refractivity contribution in [3.05, 3.63) is 0 Å². The largest absolute Gasteiger partial charge is 0.465 e. The Balaban J connectivity index is 4.14. The van der Waals surface area contributed by atoms with Gasteiger partial charge in [-0.25, -0.2) is 0 Å². The molecule has 42 heavy (non-hydrogen) atoms. The summed E-state index contributed by atoms with van der Waals surface area (Å²) in [6.45, 7) is 11.2. The summed E-state index contributed by atoms with van der Waals surface area (Å²) in [6.07, 6.45) is 28.7. The maximum Gasteiger partial charge on any atom is 0.307 e. The van der Waals surface area contributed by atoms with Gasteiger partial charge in [0.25, 0.3) is 0 Å². The molecule has 0 fully saturated rings. The van der Waals surface area contributed by atoms with Gasteiger partial charge in [-0.2, -0.15) is 0 Å². The van der Waals surface area contributed by atoms with Crippen molar-refractivity contribution < 1.29 is 19.1 Å². The van der Waals surface area contributed by atoms with Crippen LogP contribution in [0, 0.1) is 5.92 Å². The van der Waals surface area contributed by atoms with Crippen LogP contribution in [0.25, 0.3) is 0 Å². The van der Waals surface area contributed by atoms with Crippen molar-refractivity contribution in [1.82, 2.24) is 4.90 Å². The van der Waals surface area contributed by atoms with Crippen LogP contribution in [-0.4, -0.2) is 49.7 Å². The number of ether oxygens (including phenoxy) is 2. The van der Waals surface area contributed by atoms with Gasteiger partial charge >= 0.3 is 11.9 Å². The van der Waals surface area contributed by atoms with Gasteiger partial charge in [-0.1, -0.05) is 130 Å². The van der Waals surface area contributed by atoms with Gasteiger partial charge in [0, 0.05) is 13.0 Å². The first-order chi connectivity index (χ1) is 20.5. The molecule has 0 aliphatic carbocycles. The summed E-state index contributed by atoms with van der Waals surface area (Å²) in [5.41, 5.74) is 0. The van der Waals surface area contributed by atoms with Crippen molar-refractivity contribution in [2.75, 3.05) is 26.7 Å². The fourth-order valence-electron chi connectivity index (χ4n) is 5.57. The number of hydrogen-bond donors (Lipinski definition) is 0. The van der Waals surface area contributed by atoms with Gasteiger partial charge in [-0.3, -0.25) is 9.59 Å². The third-order valence-corrected chi connectivity index (χ3v) is 8.73. The zero-order chi connectivity index (χ0) is 31.1. The van der Waals surface area contributed by atoms with E-state index in [-0.39, 0.29) is 18.0 Å². The van der Waals surface area contributed by atoms with Crippen LogP contribution in [0.5, 0.6) is 0 Å². The van der Waals surface area contributed by atoms with Crippen LogP contribution in [-0.2, 0) is 19.1 Å². The van der Waals surface area contributed by atoms with Gasteiger partial charge in [0.1, 0.15) is 6.10 Å². The lowest BCUT2D eigenvalue weighted by atomic mass is 9.96. The SMILES string of the molecule is CCCCCCCCCC(CCCCCCCCC(=O)OCC(CCCC)CCCCCC)OC(=O)CCN(C)CC. The minimum Gasteiger partial charge on any atom is -0.465 e. The summed E-state index contributed by atoms with van der Waals surface area (Å²) >= 11 is 0. The molecule has 0 aliphatic heterocycles. The van der Waals surface area contributed by atoms with Crippen LogP contribution in [0.2, 0.25) is 0 Å². The first-order valence-electron chi connectivity index (χ1n) is 18.5. The van der Waals surface area contributed by atoms with Crippen molar-refractivity contribution in [2.45, 2.75) is 194 Å². The van der Waals surface area contributed by atoms with E-state index in [4.69, 9.17) is 9.47 Å². The molecule has 0 saturated heterocycles. The Bertz CT molecular complexity index is 596. The van der Waals surface area contributed by atoms with Gasteiger partial charge in [0.2, 0.25) is 0 Å². The first kappa shape index (κ1) is 40.9. The number of unbranched alkanes of at least 4 members (excludes halogenated alkanes) is 15. The summed E-state index contributed by atoms with van der Waals surface area (Å²) in [5, 5.41) is 0. The predicted octanol–water partition coefficient (Wildman–Crippen LogP) is 10.8. The number of carbonyl (C=O) groups is 2. The number of rotatable bonds is 32. The van der Waals surface area contributed by atoms with E-state index < -0.39 is 0 Å². The molecule has 0 saturated carbocycles. The summed E-state index contributed by atoms with van der Waals surface area (Å²) < 4.78 is 11.6. The lowest BCUT2D eigenvalue weighted by molar-refractivity contribution is -0.150. The van der Waals surface area contributed by atoms with Crippen molar-refractivity contribution in [3.63, 3.8) is 0 Å². The van der Waals surface area contributed by atoms with Gasteiger partial charge < -0.3 is 14.4 Å². The molecule has 0 rings (SSSR count). The molecule has 0 amide bonds. The minimum atomic E-state index is -0.0386. The van der Waals surface area contributed by atoms with Gasteiger partial charge in [-0.15, -0.1) is 0 Å². The standard InChI is InChI=1S/C37H73NO4/c1-6-10-13-15-16-19-23-28-35(42-37(40)31-32-38(5)9-4)29-24-20-17-18-21-25-30-36(39)41-33-34(26-12-8-3)27-22-14-11-7-2/h34-35H,6-33H2,1-5H3. The molecule has 0 aromatic heterocycles. The normalized spacial score (nSPS) is 12.9. The molecule has 0 spiro atoms. The molecule has 2 unspecified atom stereocenters. The van der Waals surface area contributed by atoms with Crippen LogP contribution in [0.15, 0.2) is 0 Å². The summed E-state index contributed by atoms with van der Waals surface area (Å²) in [6, 6.07) is 0. The third kappa shape index (κ3) is 27.7. The number of carbonyl (C=O) groups excluding carboxylic acids is 2. The van der Waals surface area contributed by atoms with Crippen LogP contribution in [0.1, 0.15) is 188 Å². The highest BCUT2D eigenvalue weighted by atomic mass is 16.5.